The fraction of sp³-hybridized carbons (Fsp3) is 0.375. The molecule has 3 aromatic rings. The van der Waals surface area contributed by atoms with E-state index < -0.39 is 34.6 Å². The molecule has 0 radical (unpaired) electrons. The van der Waals surface area contributed by atoms with Gasteiger partial charge in [0.2, 0.25) is 11.4 Å². The van der Waals surface area contributed by atoms with Crippen LogP contribution in [-0.4, -0.2) is 33.8 Å². The lowest BCUT2D eigenvalue weighted by atomic mass is 9.86. The first-order valence-corrected chi connectivity index (χ1v) is 10.8. The van der Waals surface area contributed by atoms with Crippen LogP contribution in [0.15, 0.2) is 35.3 Å². The van der Waals surface area contributed by atoms with Crippen LogP contribution in [0.4, 0.5) is 8.78 Å². The van der Waals surface area contributed by atoms with Crippen molar-refractivity contribution in [2.24, 2.45) is 5.41 Å². The average molecular weight is 479 g/mol. The van der Waals surface area contributed by atoms with E-state index in [1.54, 1.807) is 6.92 Å². The summed E-state index contributed by atoms with van der Waals surface area (Å²) >= 11 is 5.83. The molecule has 33 heavy (non-hydrogen) atoms. The SMILES string of the molecule is CCOC(=O)c1cn(C(CO)C(C)(C)C)c2nc(F)c(Cc3cccc(Cl)c3F)cc2c1=O. The first-order chi connectivity index (χ1) is 15.5. The number of benzene rings is 1. The summed E-state index contributed by atoms with van der Waals surface area (Å²) in [4.78, 5) is 29.6. The first-order valence-electron chi connectivity index (χ1n) is 10.4. The Morgan fingerprint density at radius 1 is 1.27 bits per heavy atom. The van der Waals surface area contributed by atoms with Gasteiger partial charge in [0.05, 0.1) is 29.7 Å². The van der Waals surface area contributed by atoms with Crippen molar-refractivity contribution in [1.29, 1.82) is 0 Å². The minimum Gasteiger partial charge on any atom is -0.462 e. The summed E-state index contributed by atoms with van der Waals surface area (Å²) in [6, 6.07) is 5.00. The Labute approximate surface area is 194 Å². The molecule has 1 N–H and O–H groups in total. The van der Waals surface area contributed by atoms with Crippen LogP contribution in [0.25, 0.3) is 11.0 Å². The molecule has 2 aromatic heterocycles. The number of hydrogen-bond donors (Lipinski definition) is 1. The summed E-state index contributed by atoms with van der Waals surface area (Å²) in [6.07, 6.45) is 1.05. The summed E-state index contributed by atoms with van der Waals surface area (Å²) < 4.78 is 35.9. The van der Waals surface area contributed by atoms with Crippen molar-refractivity contribution in [2.45, 2.75) is 40.2 Å². The molecule has 0 aliphatic carbocycles. The third kappa shape index (κ3) is 4.91. The molecule has 0 aliphatic heterocycles. The van der Waals surface area contributed by atoms with E-state index in [0.717, 1.165) is 0 Å². The van der Waals surface area contributed by atoms with Crippen molar-refractivity contribution in [3.63, 3.8) is 0 Å². The molecule has 0 bridgehead atoms. The van der Waals surface area contributed by atoms with Crippen LogP contribution in [0.3, 0.4) is 0 Å². The molecule has 1 unspecified atom stereocenters. The number of nitrogens with zero attached hydrogens (tertiary/aromatic N) is 2. The van der Waals surface area contributed by atoms with Gasteiger partial charge in [0.25, 0.3) is 0 Å². The lowest BCUT2D eigenvalue weighted by molar-refractivity contribution is 0.0522. The zero-order valence-corrected chi connectivity index (χ0v) is 19.5. The number of carbonyl (C=O) groups excluding carboxylic acids is 1. The third-order valence-electron chi connectivity index (χ3n) is 5.45. The standard InChI is InChI=1S/C24H25ClF2N2O4/c1-5-33-23(32)16-11-29(18(12-30)24(2,3)4)22-15(20(16)31)10-14(21(27)28-22)9-13-7-6-8-17(25)19(13)26/h6-8,10-11,18,30H,5,9,12H2,1-4H3. The molecule has 0 saturated carbocycles. The number of aliphatic hydroxyl groups excluding tert-OH is 1. The summed E-state index contributed by atoms with van der Waals surface area (Å²) in [6.45, 7) is 6.89. The second kappa shape index (κ2) is 9.57. The highest BCUT2D eigenvalue weighted by atomic mass is 35.5. The molecule has 1 atom stereocenters. The Morgan fingerprint density at radius 3 is 2.58 bits per heavy atom. The number of aliphatic hydroxyl groups is 1. The van der Waals surface area contributed by atoms with E-state index in [0.29, 0.717) is 0 Å². The first kappa shape index (κ1) is 24.8. The second-order valence-corrected chi connectivity index (χ2v) is 9.17. The van der Waals surface area contributed by atoms with Crippen molar-refractivity contribution < 1.29 is 23.4 Å². The average Bonchev–Trinajstić information content (AvgIpc) is 2.73. The Balaban J connectivity index is 2.30. The van der Waals surface area contributed by atoms with Gasteiger partial charge in [-0.15, -0.1) is 0 Å². The molecule has 6 nitrogen and oxygen atoms in total. The normalized spacial score (nSPS) is 12.7. The van der Waals surface area contributed by atoms with Gasteiger partial charge >= 0.3 is 5.97 Å². The number of pyridine rings is 2. The van der Waals surface area contributed by atoms with E-state index in [-0.39, 0.29) is 52.4 Å². The Hall–Kier alpha value is -2.84. The molecule has 176 valence electrons. The maximum atomic E-state index is 15.1. The number of esters is 1. The highest BCUT2D eigenvalue weighted by Gasteiger charge is 2.29. The van der Waals surface area contributed by atoms with Crippen molar-refractivity contribution >= 4 is 28.6 Å². The van der Waals surface area contributed by atoms with E-state index in [1.807, 2.05) is 20.8 Å². The molecular weight excluding hydrogens is 454 g/mol. The summed E-state index contributed by atoms with van der Waals surface area (Å²) in [5.41, 5.74) is -1.42. The third-order valence-corrected chi connectivity index (χ3v) is 5.74. The van der Waals surface area contributed by atoms with Gasteiger partial charge < -0.3 is 14.4 Å². The van der Waals surface area contributed by atoms with Crippen LogP contribution in [0, 0.1) is 17.2 Å². The van der Waals surface area contributed by atoms with Gasteiger partial charge in [0.15, 0.2) is 0 Å². The zero-order valence-electron chi connectivity index (χ0n) is 18.8. The molecule has 3 rings (SSSR count). The van der Waals surface area contributed by atoms with Crippen LogP contribution in [0.5, 0.6) is 0 Å². The maximum Gasteiger partial charge on any atom is 0.343 e. The monoisotopic (exact) mass is 478 g/mol. The molecule has 0 amide bonds. The molecule has 0 saturated heterocycles. The van der Waals surface area contributed by atoms with Crippen LogP contribution >= 0.6 is 11.6 Å². The number of aromatic nitrogens is 2. The molecule has 0 spiro atoms. The highest BCUT2D eigenvalue weighted by molar-refractivity contribution is 6.30. The van der Waals surface area contributed by atoms with E-state index in [4.69, 9.17) is 16.3 Å². The number of ether oxygens (including phenoxy) is 1. The minimum atomic E-state index is -0.899. The predicted octanol–water partition coefficient (Wildman–Crippen LogP) is 4.68. The molecule has 0 aliphatic rings. The fourth-order valence-corrected chi connectivity index (χ4v) is 3.87. The van der Waals surface area contributed by atoms with Gasteiger partial charge in [-0.1, -0.05) is 44.5 Å². The predicted molar refractivity (Wildman–Crippen MR) is 122 cm³/mol. The van der Waals surface area contributed by atoms with Crippen LogP contribution < -0.4 is 5.43 Å². The zero-order chi connectivity index (χ0) is 24.5. The molecule has 9 heteroatoms. The Bertz CT molecular complexity index is 1270. The van der Waals surface area contributed by atoms with Crippen molar-refractivity contribution in [2.75, 3.05) is 13.2 Å². The highest BCUT2D eigenvalue weighted by Crippen LogP contribution is 2.32. The van der Waals surface area contributed by atoms with Gasteiger partial charge in [-0.25, -0.2) is 14.2 Å². The Kier molecular flexibility index (Phi) is 7.19. The quantitative estimate of drug-likeness (QED) is 0.411. The lowest BCUT2D eigenvalue weighted by Gasteiger charge is -2.32. The van der Waals surface area contributed by atoms with E-state index in [9.17, 15) is 19.1 Å². The fourth-order valence-electron chi connectivity index (χ4n) is 3.68. The van der Waals surface area contributed by atoms with Crippen LogP contribution in [0.1, 0.15) is 55.2 Å². The van der Waals surface area contributed by atoms with Crippen molar-refractivity contribution in [3.8, 4) is 0 Å². The molecule has 0 fully saturated rings. The van der Waals surface area contributed by atoms with E-state index in [1.165, 1.54) is 35.0 Å². The van der Waals surface area contributed by atoms with Crippen molar-refractivity contribution in [3.05, 3.63) is 74.2 Å². The van der Waals surface area contributed by atoms with E-state index >= 15 is 4.39 Å². The largest absolute Gasteiger partial charge is 0.462 e. The van der Waals surface area contributed by atoms with Crippen LogP contribution in [-0.2, 0) is 11.2 Å². The van der Waals surface area contributed by atoms with Gasteiger partial charge in [-0.05, 0) is 30.0 Å². The van der Waals surface area contributed by atoms with Gasteiger partial charge in [0, 0.05) is 18.2 Å². The topological polar surface area (TPSA) is 81.4 Å². The van der Waals surface area contributed by atoms with Gasteiger partial charge in [0.1, 0.15) is 17.0 Å². The molecular formula is C24H25ClF2N2O4. The number of carbonyl (C=O) groups is 1. The second-order valence-electron chi connectivity index (χ2n) is 8.76. The summed E-state index contributed by atoms with van der Waals surface area (Å²) in [5.74, 6) is -2.43. The number of fused-ring (bicyclic) bond motifs is 1. The van der Waals surface area contributed by atoms with Crippen LogP contribution in [0.2, 0.25) is 5.02 Å². The van der Waals surface area contributed by atoms with Crippen molar-refractivity contribution in [1.82, 2.24) is 9.55 Å². The maximum absolute atomic E-state index is 15.1. The van der Waals surface area contributed by atoms with Gasteiger partial charge in [-0.2, -0.15) is 4.39 Å². The lowest BCUT2D eigenvalue weighted by Crippen LogP contribution is -2.31. The smallest absolute Gasteiger partial charge is 0.343 e. The summed E-state index contributed by atoms with van der Waals surface area (Å²) in [7, 11) is 0. The number of hydrogen-bond acceptors (Lipinski definition) is 5. The van der Waals surface area contributed by atoms with Gasteiger partial charge in [-0.3, -0.25) is 4.79 Å². The molecule has 2 heterocycles. The number of rotatable bonds is 6. The Morgan fingerprint density at radius 2 is 1.97 bits per heavy atom. The minimum absolute atomic E-state index is 0.0326. The summed E-state index contributed by atoms with van der Waals surface area (Å²) in [5, 5.41) is 9.91. The molecule has 1 aromatic carbocycles. The number of halogens is 3. The van der Waals surface area contributed by atoms with E-state index in [2.05, 4.69) is 4.98 Å².